The van der Waals surface area contributed by atoms with Gasteiger partial charge in [0.25, 0.3) is 0 Å². The molecule has 2 N–H and O–H groups in total. The predicted molar refractivity (Wildman–Crippen MR) is 60.4 cm³/mol. The van der Waals surface area contributed by atoms with Crippen molar-refractivity contribution in [1.29, 1.82) is 0 Å². The molecule has 2 fully saturated rings. The summed E-state index contributed by atoms with van der Waals surface area (Å²) in [6.45, 7) is 1.65. The number of rotatable bonds is 3. The predicted octanol–water partition coefficient (Wildman–Crippen LogP) is 0.576. The minimum absolute atomic E-state index is 0.0535. The average Bonchev–Trinajstić information content (AvgIpc) is 3.05. The van der Waals surface area contributed by atoms with E-state index < -0.39 is 0 Å². The molecule has 2 aliphatic heterocycles. The van der Waals surface area contributed by atoms with E-state index in [0.29, 0.717) is 19.0 Å². The van der Waals surface area contributed by atoms with Gasteiger partial charge in [0.05, 0.1) is 6.04 Å². The lowest BCUT2D eigenvalue weighted by Crippen LogP contribution is -2.39. The van der Waals surface area contributed by atoms with Gasteiger partial charge in [-0.1, -0.05) is 12.1 Å². The van der Waals surface area contributed by atoms with Gasteiger partial charge < -0.3 is 5.32 Å². The third kappa shape index (κ3) is 2.16. The Hall–Kier alpha value is -1.46. The zero-order chi connectivity index (χ0) is 11.8. The summed E-state index contributed by atoms with van der Waals surface area (Å²) in [5, 5.41) is 5.20. The van der Waals surface area contributed by atoms with Crippen LogP contribution in [0.1, 0.15) is 18.0 Å². The van der Waals surface area contributed by atoms with Crippen molar-refractivity contribution in [2.24, 2.45) is 0 Å². The minimum Gasteiger partial charge on any atom is -0.309 e. The summed E-state index contributed by atoms with van der Waals surface area (Å²) in [6, 6.07) is 6.93. The maximum absolute atomic E-state index is 12.9. The second kappa shape index (κ2) is 4.09. The third-order valence-corrected chi connectivity index (χ3v) is 3.22. The number of nitrogens with zero attached hydrogens (tertiary/aromatic N) is 1. The van der Waals surface area contributed by atoms with Crippen LogP contribution in [0.3, 0.4) is 0 Å². The second-order valence-corrected chi connectivity index (χ2v) is 4.49. The number of amides is 1. The summed E-state index contributed by atoms with van der Waals surface area (Å²) in [4.78, 5) is 11.3. The number of hydrogen-bond donors (Lipinski definition) is 2. The van der Waals surface area contributed by atoms with Gasteiger partial charge in [0.1, 0.15) is 5.82 Å². The fourth-order valence-electron chi connectivity index (χ4n) is 2.28. The summed E-state index contributed by atoms with van der Waals surface area (Å²) in [5.41, 5.74) is 3.88. The molecule has 1 aromatic rings. The molecule has 0 aromatic heterocycles. The molecule has 0 saturated carbocycles. The summed E-state index contributed by atoms with van der Waals surface area (Å²) < 4.78 is 12.9. The van der Waals surface area contributed by atoms with Crippen LogP contribution in [-0.2, 0) is 4.79 Å². The normalized spacial score (nSPS) is 25.7. The molecular formula is C12H14FN3O. The molecule has 3 rings (SSSR count). The van der Waals surface area contributed by atoms with E-state index in [2.05, 4.69) is 10.7 Å². The standard InChI is InChI=1S/C12H14FN3O/c13-9-3-1-8(2-4-9)12(10-7-14-10)16-6-5-11(17)15-16/h1-4,10,12,14H,5-7H2,(H,15,17)/t10?,12-/m0/s1. The van der Waals surface area contributed by atoms with E-state index in [1.807, 2.05) is 5.01 Å². The summed E-state index contributed by atoms with van der Waals surface area (Å²) in [5.74, 6) is -0.181. The van der Waals surface area contributed by atoms with E-state index in [4.69, 9.17) is 0 Å². The number of benzene rings is 1. The molecule has 17 heavy (non-hydrogen) atoms. The van der Waals surface area contributed by atoms with Crippen molar-refractivity contribution in [1.82, 2.24) is 15.8 Å². The zero-order valence-electron chi connectivity index (χ0n) is 9.32. The van der Waals surface area contributed by atoms with Crippen LogP contribution in [0.25, 0.3) is 0 Å². The SMILES string of the molecule is O=C1CCN([C@@H](c2ccc(F)cc2)C2CN2)N1. The van der Waals surface area contributed by atoms with E-state index in [9.17, 15) is 9.18 Å². The van der Waals surface area contributed by atoms with Crippen molar-refractivity contribution in [2.75, 3.05) is 13.1 Å². The van der Waals surface area contributed by atoms with Crippen molar-refractivity contribution >= 4 is 5.91 Å². The first kappa shape index (κ1) is 10.7. The second-order valence-electron chi connectivity index (χ2n) is 4.49. The first-order chi connectivity index (χ1) is 8.24. The van der Waals surface area contributed by atoms with Gasteiger partial charge in [-0.2, -0.15) is 0 Å². The number of halogens is 1. The molecule has 0 radical (unpaired) electrons. The number of nitrogens with one attached hydrogen (secondary N) is 2. The Kier molecular flexibility index (Phi) is 2.57. The largest absolute Gasteiger partial charge is 0.309 e. The van der Waals surface area contributed by atoms with Crippen LogP contribution in [-0.4, -0.2) is 30.0 Å². The Labute approximate surface area is 98.8 Å². The molecule has 2 heterocycles. The fraction of sp³-hybridized carbons (Fsp3) is 0.417. The molecule has 0 bridgehead atoms. The lowest BCUT2D eigenvalue weighted by atomic mass is 10.0. The molecule has 2 saturated heterocycles. The van der Waals surface area contributed by atoms with Gasteiger partial charge in [-0.3, -0.25) is 10.2 Å². The average molecular weight is 235 g/mol. The first-order valence-corrected chi connectivity index (χ1v) is 5.79. The van der Waals surface area contributed by atoms with Crippen molar-refractivity contribution < 1.29 is 9.18 Å². The number of carbonyl (C=O) groups is 1. The van der Waals surface area contributed by atoms with Gasteiger partial charge >= 0.3 is 0 Å². The Bertz CT molecular complexity index is 430. The van der Waals surface area contributed by atoms with Gasteiger partial charge in [0.2, 0.25) is 5.91 Å². The molecule has 4 nitrogen and oxygen atoms in total. The lowest BCUT2D eigenvalue weighted by molar-refractivity contribution is -0.121. The fourth-order valence-corrected chi connectivity index (χ4v) is 2.28. The Balaban J connectivity index is 1.84. The molecule has 0 spiro atoms. The van der Waals surface area contributed by atoms with Crippen molar-refractivity contribution in [2.45, 2.75) is 18.5 Å². The number of hydrazine groups is 1. The van der Waals surface area contributed by atoms with E-state index in [0.717, 1.165) is 12.1 Å². The van der Waals surface area contributed by atoms with Gasteiger partial charge in [-0.25, -0.2) is 9.40 Å². The van der Waals surface area contributed by atoms with E-state index in [1.54, 1.807) is 12.1 Å². The Morgan fingerprint density at radius 1 is 1.35 bits per heavy atom. The third-order valence-electron chi connectivity index (χ3n) is 3.22. The van der Waals surface area contributed by atoms with Crippen molar-refractivity contribution in [3.8, 4) is 0 Å². The highest BCUT2D eigenvalue weighted by molar-refractivity contribution is 5.77. The quantitative estimate of drug-likeness (QED) is 0.753. The molecule has 1 unspecified atom stereocenters. The van der Waals surface area contributed by atoms with Crippen LogP contribution in [0.4, 0.5) is 4.39 Å². The van der Waals surface area contributed by atoms with Gasteiger partial charge in [0.15, 0.2) is 0 Å². The van der Waals surface area contributed by atoms with Crippen molar-refractivity contribution in [3.63, 3.8) is 0 Å². The van der Waals surface area contributed by atoms with E-state index in [1.165, 1.54) is 12.1 Å². The smallest absolute Gasteiger partial charge is 0.235 e. The van der Waals surface area contributed by atoms with Crippen molar-refractivity contribution in [3.05, 3.63) is 35.6 Å². The van der Waals surface area contributed by atoms with Crippen LogP contribution in [0.5, 0.6) is 0 Å². The van der Waals surface area contributed by atoms with Crippen LogP contribution in [0.2, 0.25) is 0 Å². The summed E-state index contributed by atoms with van der Waals surface area (Å²) >= 11 is 0. The molecule has 1 amide bonds. The topological polar surface area (TPSA) is 54.3 Å². The summed E-state index contributed by atoms with van der Waals surface area (Å²) in [6.07, 6.45) is 0.532. The molecule has 0 aliphatic carbocycles. The van der Waals surface area contributed by atoms with E-state index >= 15 is 0 Å². The van der Waals surface area contributed by atoms with Gasteiger partial charge in [-0.05, 0) is 17.7 Å². The van der Waals surface area contributed by atoms with Gasteiger partial charge in [-0.15, -0.1) is 0 Å². The Morgan fingerprint density at radius 3 is 2.59 bits per heavy atom. The summed E-state index contributed by atoms with van der Waals surface area (Å²) in [7, 11) is 0. The van der Waals surface area contributed by atoms with Crippen LogP contribution in [0.15, 0.2) is 24.3 Å². The highest BCUT2D eigenvalue weighted by Gasteiger charge is 2.38. The number of carbonyl (C=O) groups excluding carboxylic acids is 1. The maximum atomic E-state index is 12.9. The molecule has 2 aliphatic rings. The molecule has 2 atom stereocenters. The van der Waals surface area contributed by atoms with Gasteiger partial charge in [0, 0.05) is 25.6 Å². The first-order valence-electron chi connectivity index (χ1n) is 5.79. The molecule has 90 valence electrons. The van der Waals surface area contributed by atoms with Crippen LogP contribution in [0, 0.1) is 5.82 Å². The zero-order valence-corrected chi connectivity index (χ0v) is 9.32. The highest BCUT2D eigenvalue weighted by atomic mass is 19.1. The maximum Gasteiger partial charge on any atom is 0.235 e. The van der Waals surface area contributed by atoms with E-state index in [-0.39, 0.29) is 17.8 Å². The lowest BCUT2D eigenvalue weighted by Gasteiger charge is -2.26. The molecule has 1 aromatic carbocycles. The molecular weight excluding hydrogens is 221 g/mol. The van der Waals surface area contributed by atoms with Crippen LogP contribution < -0.4 is 10.7 Å². The minimum atomic E-state index is -0.235. The Morgan fingerprint density at radius 2 is 2.06 bits per heavy atom. The monoisotopic (exact) mass is 235 g/mol. The number of hydrogen-bond acceptors (Lipinski definition) is 3. The highest BCUT2D eigenvalue weighted by Crippen LogP contribution is 2.29. The molecule has 5 heteroatoms. The van der Waals surface area contributed by atoms with Crippen LogP contribution >= 0.6 is 0 Å².